The highest BCUT2D eigenvalue weighted by atomic mass is 35.5. The normalized spacial score (nSPS) is 20.9. The minimum atomic E-state index is -0.572. The smallest absolute Gasteiger partial charge is 0.322 e. The van der Waals surface area contributed by atoms with Gasteiger partial charge in [0.05, 0.1) is 24.3 Å². The molecule has 5 rings (SSSR count). The molecule has 1 aromatic heterocycles. The zero-order valence-corrected chi connectivity index (χ0v) is 18.7. The summed E-state index contributed by atoms with van der Waals surface area (Å²) in [6.07, 6.45) is 1.85. The van der Waals surface area contributed by atoms with Crippen LogP contribution in [-0.4, -0.2) is 40.3 Å². The maximum atomic E-state index is 13.6. The van der Waals surface area contributed by atoms with Crippen LogP contribution >= 0.6 is 11.6 Å². The standard InChI is InChI=1S/C24H22ClFN4O3/c1-14-20(23-28-22(29-33-23)16-4-8-17(25)9-5-16)21(15-6-10-18(26)11-7-15)27-24(31)30(14)13-19-3-2-12-32-19/h4-11,19,21H,2-3,12-13H2,1H3,(H,27,31). The van der Waals surface area contributed by atoms with E-state index in [4.69, 9.17) is 20.9 Å². The van der Waals surface area contributed by atoms with Crippen LogP contribution in [0.15, 0.2) is 58.8 Å². The maximum absolute atomic E-state index is 13.6. The van der Waals surface area contributed by atoms with E-state index in [0.717, 1.165) is 18.4 Å². The molecule has 0 spiro atoms. The van der Waals surface area contributed by atoms with Crippen molar-refractivity contribution in [3.8, 4) is 11.4 Å². The predicted molar refractivity (Wildman–Crippen MR) is 121 cm³/mol. The Morgan fingerprint density at radius 1 is 1.18 bits per heavy atom. The number of hydrogen-bond donors (Lipinski definition) is 1. The highest BCUT2D eigenvalue weighted by Crippen LogP contribution is 2.38. The third kappa shape index (κ3) is 4.36. The number of ether oxygens (including phenoxy) is 1. The van der Waals surface area contributed by atoms with E-state index in [1.165, 1.54) is 12.1 Å². The summed E-state index contributed by atoms with van der Waals surface area (Å²) >= 11 is 5.99. The second-order valence-electron chi connectivity index (χ2n) is 8.11. The number of nitrogens with zero attached hydrogens (tertiary/aromatic N) is 3. The summed E-state index contributed by atoms with van der Waals surface area (Å²) in [5.41, 5.74) is 2.81. The number of benzene rings is 2. The molecule has 7 nitrogen and oxygen atoms in total. The lowest BCUT2D eigenvalue weighted by Crippen LogP contribution is -2.48. The van der Waals surface area contributed by atoms with Gasteiger partial charge in [-0.05, 0) is 61.7 Å². The van der Waals surface area contributed by atoms with Gasteiger partial charge in [0, 0.05) is 22.9 Å². The summed E-state index contributed by atoms with van der Waals surface area (Å²) in [5, 5.41) is 7.76. The van der Waals surface area contributed by atoms with Crippen LogP contribution in [0.3, 0.4) is 0 Å². The molecule has 33 heavy (non-hydrogen) atoms. The van der Waals surface area contributed by atoms with Crippen molar-refractivity contribution in [2.45, 2.75) is 31.9 Å². The van der Waals surface area contributed by atoms with Crippen LogP contribution in [0.25, 0.3) is 17.0 Å². The Hall–Kier alpha value is -3.23. The number of hydrogen-bond acceptors (Lipinski definition) is 5. The first-order valence-corrected chi connectivity index (χ1v) is 11.1. The Bertz CT molecular complexity index is 1190. The lowest BCUT2D eigenvalue weighted by atomic mass is 9.94. The number of nitrogens with one attached hydrogen (secondary N) is 1. The van der Waals surface area contributed by atoms with E-state index in [-0.39, 0.29) is 23.8 Å². The number of rotatable bonds is 5. The molecule has 2 amide bonds. The highest BCUT2D eigenvalue weighted by molar-refractivity contribution is 6.30. The van der Waals surface area contributed by atoms with Crippen molar-refractivity contribution in [2.75, 3.05) is 13.2 Å². The van der Waals surface area contributed by atoms with Gasteiger partial charge in [0.15, 0.2) is 0 Å². The number of carbonyl (C=O) groups excluding carboxylic acids is 1. The zero-order valence-electron chi connectivity index (χ0n) is 17.9. The largest absolute Gasteiger partial charge is 0.376 e. The predicted octanol–water partition coefficient (Wildman–Crippen LogP) is 5.21. The molecular weight excluding hydrogens is 447 g/mol. The summed E-state index contributed by atoms with van der Waals surface area (Å²) in [5.74, 6) is 0.331. The second-order valence-corrected chi connectivity index (χ2v) is 8.55. The molecule has 0 saturated carbocycles. The minimum Gasteiger partial charge on any atom is -0.376 e. The fraction of sp³-hybridized carbons (Fsp3) is 0.292. The highest BCUT2D eigenvalue weighted by Gasteiger charge is 2.37. The van der Waals surface area contributed by atoms with Gasteiger partial charge in [-0.15, -0.1) is 0 Å². The molecule has 0 bridgehead atoms. The quantitative estimate of drug-likeness (QED) is 0.556. The molecule has 2 unspecified atom stereocenters. The summed E-state index contributed by atoms with van der Waals surface area (Å²) in [6, 6.07) is 12.3. The van der Waals surface area contributed by atoms with E-state index in [1.54, 1.807) is 29.2 Å². The number of carbonyl (C=O) groups is 1. The van der Waals surface area contributed by atoms with Crippen molar-refractivity contribution in [1.82, 2.24) is 20.4 Å². The minimum absolute atomic E-state index is 0.0263. The molecular formula is C24H22ClFN4O3. The number of halogens is 2. The molecule has 2 atom stereocenters. The van der Waals surface area contributed by atoms with E-state index in [1.807, 2.05) is 19.1 Å². The number of amides is 2. The molecule has 170 valence electrons. The fourth-order valence-electron chi connectivity index (χ4n) is 4.22. The number of allylic oxidation sites excluding steroid dienone is 1. The molecule has 3 heterocycles. The summed E-state index contributed by atoms with van der Waals surface area (Å²) in [7, 11) is 0. The molecule has 0 aliphatic carbocycles. The van der Waals surface area contributed by atoms with E-state index < -0.39 is 6.04 Å². The molecule has 1 saturated heterocycles. The van der Waals surface area contributed by atoms with Crippen molar-refractivity contribution in [2.24, 2.45) is 0 Å². The van der Waals surface area contributed by atoms with Crippen LogP contribution in [-0.2, 0) is 4.74 Å². The second kappa shape index (κ2) is 8.96. The van der Waals surface area contributed by atoms with Crippen LogP contribution in [0.1, 0.15) is 37.3 Å². The topological polar surface area (TPSA) is 80.5 Å². The first-order chi connectivity index (χ1) is 16.0. The van der Waals surface area contributed by atoms with Gasteiger partial charge in [-0.2, -0.15) is 4.98 Å². The van der Waals surface area contributed by atoms with Gasteiger partial charge in [-0.3, -0.25) is 4.90 Å². The molecule has 2 aliphatic rings. The SMILES string of the molecule is CC1=C(c2nc(-c3ccc(Cl)cc3)no2)C(c2ccc(F)cc2)NC(=O)N1CC1CCCO1. The van der Waals surface area contributed by atoms with E-state index in [9.17, 15) is 9.18 Å². The molecule has 2 aromatic carbocycles. The van der Waals surface area contributed by atoms with Gasteiger partial charge >= 0.3 is 6.03 Å². The van der Waals surface area contributed by atoms with Crippen LogP contribution in [0.2, 0.25) is 5.02 Å². The van der Waals surface area contributed by atoms with E-state index >= 15 is 0 Å². The summed E-state index contributed by atoms with van der Waals surface area (Å²) in [4.78, 5) is 19.3. The van der Waals surface area contributed by atoms with Gasteiger partial charge in [0.2, 0.25) is 5.82 Å². The van der Waals surface area contributed by atoms with Crippen LogP contribution in [0, 0.1) is 5.82 Å². The number of aromatic nitrogens is 2. The van der Waals surface area contributed by atoms with Gasteiger partial charge in [0.25, 0.3) is 5.89 Å². The average molecular weight is 469 g/mol. The Kier molecular flexibility index (Phi) is 5.86. The molecule has 9 heteroatoms. The zero-order chi connectivity index (χ0) is 22.9. The lowest BCUT2D eigenvalue weighted by Gasteiger charge is -2.36. The van der Waals surface area contributed by atoms with Gasteiger partial charge in [-0.1, -0.05) is 28.9 Å². The van der Waals surface area contributed by atoms with Crippen LogP contribution < -0.4 is 5.32 Å². The third-order valence-electron chi connectivity index (χ3n) is 5.97. The molecule has 1 fully saturated rings. The van der Waals surface area contributed by atoms with Gasteiger partial charge in [0.1, 0.15) is 5.82 Å². The third-order valence-corrected chi connectivity index (χ3v) is 6.22. The Labute approximate surface area is 195 Å². The first-order valence-electron chi connectivity index (χ1n) is 10.8. The first kappa shape index (κ1) is 21.6. The average Bonchev–Trinajstić information content (AvgIpc) is 3.50. The van der Waals surface area contributed by atoms with Gasteiger partial charge in [-0.25, -0.2) is 9.18 Å². The maximum Gasteiger partial charge on any atom is 0.322 e. The van der Waals surface area contributed by atoms with Crippen LogP contribution in [0.5, 0.6) is 0 Å². The fourth-order valence-corrected chi connectivity index (χ4v) is 4.35. The Balaban J connectivity index is 1.56. The lowest BCUT2D eigenvalue weighted by molar-refractivity contribution is 0.0877. The number of urea groups is 1. The van der Waals surface area contributed by atoms with E-state index in [0.29, 0.717) is 40.8 Å². The molecule has 1 N–H and O–H groups in total. The molecule has 2 aliphatic heterocycles. The molecule has 0 radical (unpaired) electrons. The monoisotopic (exact) mass is 468 g/mol. The molecule has 3 aromatic rings. The Morgan fingerprint density at radius 2 is 1.94 bits per heavy atom. The Morgan fingerprint density at radius 3 is 2.64 bits per heavy atom. The summed E-state index contributed by atoms with van der Waals surface area (Å²) in [6.45, 7) is 2.98. The van der Waals surface area contributed by atoms with Crippen molar-refractivity contribution >= 4 is 23.2 Å². The van der Waals surface area contributed by atoms with Crippen molar-refractivity contribution < 1.29 is 18.4 Å². The van der Waals surface area contributed by atoms with Crippen LogP contribution in [0.4, 0.5) is 9.18 Å². The van der Waals surface area contributed by atoms with Crippen molar-refractivity contribution in [1.29, 1.82) is 0 Å². The van der Waals surface area contributed by atoms with E-state index in [2.05, 4.69) is 15.5 Å². The van der Waals surface area contributed by atoms with Gasteiger partial charge < -0.3 is 14.6 Å². The summed E-state index contributed by atoms with van der Waals surface area (Å²) < 4.78 is 25.0. The van der Waals surface area contributed by atoms with Crippen molar-refractivity contribution in [3.05, 3.63) is 76.5 Å². The van der Waals surface area contributed by atoms with Crippen molar-refractivity contribution in [3.63, 3.8) is 0 Å².